The van der Waals surface area contributed by atoms with E-state index in [1.54, 1.807) is 11.2 Å². The van der Waals surface area contributed by atoms with Crippen molar-refractivity contribution >= 4 is 10.0 Å². The van der Waals surface area contributed by atoms with Crippen molar-refractivity contribution < 1.29 is 8.42 Å². The minimum absolute atomic E-state index is 0.109. The van der Waals surface area contributed by atoms with E-state index in [0.717, 1.165) is 25.9 Å². The van der Waals surface area contributed by atoms with Crippen LogP contribution in [0.1, 0.15) is 18.5 Å². The van der Waals surface area contributed by atoms with E-state index in [-0.39, 0.29) is 6.04 Å². The molecular formula is C11H18N4O2S. The Morgan fingerprint density at radius 2 is 2.28 bits per heavy atom. The van der Waals surface area contributed by atoms with E-state index in [1.807, 2.05) is 0 Å². The average Bonchev–Trinajstić information content (AvgIpc) is 2.96. The van der Waals surface area contributed by atoms with E-state index in [0.29, 0.717) is 23.1 Å². The van der Waals surface area contributed by atoms with Gasteiger partial charge in [-0.2, -0.15) is 9.40 Å². The van der Waals surface area contributed by atoms with Gasteiger partial charge in [-0.3, -0.25) is 5.10 Å². The molecule has 2 saturated heterocycles. The van der Waals surface area contributed by atoms with Gasteiger partial charge in [-0.15, -0.1) is 0 Å². The van der Waals surface area contributed by atoms with Gasteiger partial charge in [-0.05, 0) is 32.2 Å². The highest BCUT2D eigenvalue weighted by atomic mass is 32.2. The van der Waals surface area contributed by atoms with Crippen molar-refractivity contribution in [2.45, 2.75) is 30.7 Å². The third-order valence-corrected chi connectivity index (χ3v) is 6.04. The van der Waals surface area contributed by atoms with Gasteiger partial charge in [-0.1, -0.05) is 0 Å². The van der Waals surface area contributed by atoms with Crippen molar-refractivity contribution in [1.29, 1.82) is 0 Å². The van der Waals surface area contributed by atoms with Crippen LogP contribution in [0.2, 0.25) is 0 Å². The van der Waals surface area contributed by atoms with E-state index < -0.39 is 10.0 Å². The van der Waals surface area contributed by atoms with Crippen LogP contribution in [-0.4, -0.2) is 48.6 Å². The van der Waals surface area contributed by atoms with Crippen LogP contribution in [0.5, 0.6) is 0 Å². The zero-order valence-corrected chi connectivity index (χ0v) is 11.2. The number of fused-ring (bicyclic) bond motifs is 1. The molecule has 2 N–H and O–H groups in total. The fourth-order valence-corrected chi connectivity index (χ4v) is 4.89. The third kappa shape index (κ3) is 1.77. The fraction of sp³-hybridized carbons (Fsp3) is 0.727. The summed E-state index contributed by atoms with van der Waals surface area (Å²) in [5.41, 5.74) is 0.614. The molecule has 1 aromatic heterocycles. The summed E-state index contributed by atoms with van der Waals surface area (Å²) in [7, 11) is -3.40. The Morgan fingerprint density at radius 3 is 3.00 bits per heavy atom. The highest BCUT2D eigenvalue weighted by molar-refractivity contribution is 7.89. The Morgan fingerprint density at radius 1 is 1.44 bits per heavy atom. The fourth-order valence-electron chi connectivity index (χ4n) is 3.05. The first-order valence-electron chi connectivity index (χ1n) is 6.33. The van der Waals surface area contributed by atoms with E-state index in [1.165, 1.54) is 6.20 Å². The maximum atomic E-state index is 12.6. The standard InChI is InChI=1S/C11H18N4O2S/c1-8-11(7-13-14-8)18(16,17)15-4-2-3-9-5-12-6-10(9)15/h7,9-10,12H,2-6H2,1H3,(H,13,14)/t9-,10+/m0/s1. The molecule has 0 radical (unpaired) electrons. The summed E-state index contributed by atoms with van der Waals surface area (Å²) in [5.74, 6) is 0.459. The molecule has 7 heteroatoms. The molecule has 0 bridgehead atoms. The third-order valence-electron chi connectivity index (χ3n) is 4.00. The van der Waals surface area contributed by atoms with Gasteiger partial charge in [0.1, 0.15) is 4.90 Å². The topological polar surface area (TPSA) is 78.1 Å². The van der Waals surface area contributed by atoms with E-state index >= 15 is 0 Å². The first-order valence-corrected chi connectivity index (χ1v) is 7.77. The van der Waals surface area contributed by atoms with Gasteiger partial charge in [0.15, 0.2) is 0 Å². The summed E-state index contributed by atoms with van der Waals surface area (Å²) in [6.07, 6.45) is 3.48. The number of aryl methyl sites for hydroxylation is 1. The largest absolute Gasteiger partial charge is 0.315 e. The lowest BCUT2D eigenvalue weighted by atomic mass is 9.94. The van der Waals surface area contributed by atoms with Crippen molar-refractivity contribution in [2.75, 3.05) is 19.6 Å². The first-order chi connectivity index (χ1) is 8.60. The number of rotatable bonds is 2. The minimum Gasteiger partial charge on any atom is -0.315 e. The van der Waals surface area contributed by atoms with Crippen LogP contribution < -0.4 is 5.32 Å². The van der Waals surface area contributed by atoms with Crippen LogP contribution in [0.4, 0.5) is 0 Å². The number of sulfonamides is 1. The van der Waals surface area contributed by atoms with Crippen molar-refractivity contribution in [1.82, 2.24) is 19.8 Å². The van der Waals surface area contributed by atoms with Gasteiger partial charge < -0.3 is 5.32 Å². The van der Waals surface area contributed by atoms with Gasteiger partial charge in [0.25, 0.3) is 0 Å². The molecule has 3 heterocycles. The smallest absolute Gasteiger partial charge is 0.246 e. The Bertz CT molecular complexity index is 539. The lowest BCUT2D eigenvalue weighted by Gasteiger charge is -2.35. The molecule has 2 atom stereocenters. The number of aromatic amines is 1. The Labute approximate surface area is 107 Å². The van der Waals surface area contributed by atoms with Crippen LogP contribution in [0.15, 0.2) is 11.1 Å². The number of piperidine rings is 1. The van der Waals surface area contributed by atoms with Gasteiger partial charge in [0, 0.05) is 19.1 Å². The molecule has 18 heavy (non-hydrogen) atoms. The van der Waals surface area contributed by atoms with Crippen molar-refractivity contribution in [3.8, 4) is 0 Å². The number of aromatic nitrogens is 2. The van der Waals surface area contributed by atoms with Crippen molar-refractivity contribution in [3.05, 3.63) is 11.9 Å². The highest BCUT2D eigenvalue weighted by Gasteiger charge is 2.42. The summed E-state index contributed by atoms with van der Waals surface area (Å²) < 4.78 is 27.0. The molecule has 0 saturated carbocycles. The van der Waals surface area contributed by atoms with Crippen LogP contribution in [0.25, 0.3) is 0 Å². The Kier molecular flexibility index (Phi) is 2.91. The molecule has 0 spiro atoms. The van der Waals surface area contributed by atoms with Crippen LogP contribution in [0.3, 0.4) is 0 Å². The number of hydrogen-bond donors (Lipinski definition) is 2. The van der Waals surface area contributed by atoms with Crippen molar-refractivity contribution in [2.24, 2.45) is 5.92 Å². The zero-order chi connectivity index (χ0) is 12.8. The molecule has 6 nitrogen and oxygen atoms in total. The molecule has 1 aromatic rings. The lowest BCUT2D eigenvalue weighted by molar-refractivity contribution is 0.217. The number of H-pyrrole nitrogens is 1. The van der Waals surface area contributed by atoms with E-state index in [4.69, 9.17) is 0 Å². The van der Waals surface area contributed by atoms with E-state index in [9.17, 15) is 8.42 Å². The van der Waals surface area contributed by atoms with Gasteiger partial charge >= 0.3 is 0 Å². The normalized spacial score (nSPS) is 29.4. The van der Waals surface area contributed by atoms with Crippen LogP contribution in [-0.2, 0) is 10.0 Å². The summed E-state index contributed by atoms with van der Waals surface area (Å²) in [5, 5.41) is 9.82. The summed E-state index contributed by atoms with van der Waals surface area (Å²) in [6.45, 7) is 4.06. The molecule has 2 aliphatic heterocycles. The molecule has 0 aliphatic carbocycles. The molecule has 100 valence electrons. The Hall–Kier alpha value is -0.920. The molecule has 0 amide bonds. The van der Waals surface area contributed by atoms with Gasteiger partial charge in [-0.25, -0.2) is 8.42 Å². The van der Waals surface area contributed by atoms with Crippen molar-refractivity contribution in [3.63, 3.8) is 0 Å². The first kappa shape index (κ1) is 12.1. The highest BCUT2D eigenvalue weighted by Crippen LogP contribution is 2.31. The number of nitrogens with one attached hydrogen (secondary N) is 2. The lowest BCUT2D eigenvalue weighted by Crippen LogP contribution is -2.48. The number of hydrogen-bond acceptors (Lipinski definition) is 4. The molecular weight excluding hydrogens is 252 g/mol. The second-order valence-corrected chi connectivity index (χ2v) is 6.96. The van der Waals surface area contributed by atoms with Crippen LogP contribution in [0, 0.1) is 12.8 Å². The quantitative estimate of drug-likeness (QED) is 0.798. The monoisotopic (exact) mass is 270 g/mol. The van der Waals surface area contributed by atoms with Gasteiger partial charge in [0.2, 0.25) is 10.0 Å². The predicted octanol–water partition coefficient (Wildman–Crippen LogP) is 0.0906. The molecule has 2 fully saturated rings. The second kappa shape index (κ2) is 4.32. The minimum atomic E-state index is -3.40. The predicted molar refractivity (Wildman–Crippen MR) is 66.6 cm³/mol. The molecule has 3 rings (SSSR count). The second-order valence-electron chi connectivity index (χ2n) is 5.10. The number of nitrogens with zero attached hydrogens (tertiary/aromatic N) is 2. The average molecular weight is 270 g/mol. The van der Waals surface area contributed by atoms with Gasteiger partial charge in [0.05, 0.1) is 11.9 Å². The summed E-state index contributed by atoms with van der Waals surface area (Å²) in [6, 6.07) is 0.109. The summed E-state index contributed by atoms with van der Waals surface area (Å²) >= 11 is 0. The maximum absolute atomic E-state index is 12.6. The maximum Gasteiger partial charge on any atom is 0.246 e. The zero-order valence-electron chi connectivity index (χ0n) is 10.4. The molecule has 0 unspecified atom stereocenters. The molecule has 2 aliphatic rings. The molecule has 0 aromatic carbocycles. The van der Waals surface area contributed by atoms with Crippen LogP contribution >= 0.6 is 0 Å². The summed E-state index contributed by atoms with van der Waals surface area (Å²) in [4.78, 5) is 0.315. The SMILES string of the molecule is Cc1[nH]ncc1S(=O)(=O)N1CCC[C@H]2CNC[C@H]21. The van der Waals surface area contributed by atoms with E-state index in [2.05, 4.69) is 15.5 Å². The Balaban J connectivity index is 1.96.